The van der Waals surface area contributed by atoms with Crippen molar-refractivity contribution in [2.24, 2.45) is 11.8 Å². The van der Waals surface area contributed by atoms with Crippen molar-refractivity contribution in [3.05, 3.63) is 22.8 Å². The largest absolute Gasteiger partial charge is 0.374 e. The molecule has 1 nitrogen and oxygen atoms in total. The molecule has 1 heterocycles. The van der Waals surface area contributed by atoms with Gasteiger partial charge in [-0.25, -0.2) is 0 Å². The van der Waals surface area contributed by atoms with Gasteiger partial charge in [0.05, 0.1) is 12.2 Å². The standard InChI is InChI=1S/C18H26O/c1-12-10-11-14-13-6-2-4-8-16(13)19-17-9-5-3-7-15(17)18(12)14/h11,13,15-17H,2-10H2,1H3. The quantitative estimate of drug-likeness (QED) is 0.607. The topological polar surface area (TPSA) is 9.23 Å². The zero-order valence-electron chi connectivity index (χ0n) is 12.2. The summed E-state index contributed by atoms with van der Waals surface area (Å²) in [6.07, 6.45) is 15.8. The Labute approximate surface area is 117 Å². The normalized spacial score (nSPS) is 42.1. The van der Waals surface area contributed by atoms with Gasteiger partial charge in [-0.1, -0.05) is 37.3 Å². The number of fused-ring (bicyclic) bond motifs is 5. The number of allylic oxidation sites excluding steroid dienone is 2. The number of hydrogen-bond acceptors (Lipinski definition) is 1. The maximum atomic E-state index is 6.63. The maximum absolute atomic E-state index is 6.63. The van der Waals surface area contributed by atoms with Crippen molar-refractivity contribution in [2.45, 2.75) is 76.9 Å². The minimum Gasteiger partial charge on any atom is -0.374 e. The van der Waals surface area contributed by atoms with Crippen molar-refractivity contribution >= 4 is 0 Å². The monoisotopic (exact) mass is 258 g/mol. The van der Waals surface area contributed by atoms with Crippen LogP contribution in [-0.2, 0) is 4.74 Å². The van der Waals surface area contributed by atoms with E-state index in [4.69, 9.17) is 4.74 Å². The van der Waals surface area contributed by atoms with E-state index in [-0.39, 0.29) is 0 Å². The van der Waals surface area contributed by atoms with E-state index >= 15 is 0 Å². The van der Waals surface area contributed by atoms with Crippen molar-refractivity contribution in [3.63, 3.8) is 0 Å². The Kier molecular flexibility index (Phi) is 3.06. The lowest BCUT2D eigenvalue weighted by atomic mass is 9.74. The smallest absolute Gasteiger partial charge is 0.0647 e. The van der Waals surface area contributed by atoms with Crippen LogP contribution >= 0.6 is 0 Å². The van der Waals surface area contributed by atoms with E-state index in [0.29, 0.717) is 12.2 Å². The first-order valence-corrected chi connectivity index (χ1v) is 8.40. The van der Waals surface area contributed by atoms with Crippen LogP contribution in [0.25, 0.3) is 0 Å². The minimum atomic E-state index is 0.535. The Morgan fingerprint density at radius 3 is 2.32 bits per heavy atom. The van der Waals surface area contributed by atoms with Crippen molar-refractivity contribution in [1.82, 2.24) is 0 Å². The first kappa shape index (κ1) is 12.2. The molecule has 1 heteroatoms. The van der Waals surface area contributed by atoms with Crippen LogP contribution in [0.1, 0.15) is 64.7 Å². The molecule has 0 aromatic rings. The van der Waals surface area contributed by atoms with E-state index in [1.807, 2.05) is 0 Å². The molecule has 4 atom stereocenters. The molecule has 3 aliphatic carbocycles. The molecule has 3 fully saturated rings. The molecule has 104 valence electrons. The molecule has 1 aliphatic heterocycles. The molecule has 0 spiro atoms. The van der Waals surface area contributed by atoms with E-state index in [1.54, 1.807) is 16.7 Å². The first-order chi connectivity index (χ1) is 9.34. The average molecular weight is 258 g/mol. The molecule has 4 rings (SSSR count). The van der Waals surface area contributed by atoms with Crippen molar-refractivity contribution < 1.29 is 4.74 Å². The van der Waals surface area contributed by atoms with E-state index in [9.17, 15) is 0 Å². The van der Waals surface area contributed by atoms with Gasteiger partial charge in [-0.15, -0.1) is 0 Å². The highest BCUT2D eigenvalue weighted by Crippen LogP contribution is 2.50. The first-order valence-electron chi connectivity index (χ1n) is 8.40. The molecule has 0 amide bonds. The number of rotatable bonds is 0. The zero-order valence-corrected chi connectivity index (χ0v) is 12.2. The van der Waals surface area contributed by atoms with E-state index in [2.05, 4.69) is 13.0 Å². The summed E-state index contributed by atoms with van der Waals surface area (Å²) in [5, 5.41) is 0. The molecule has 19 heavy (non-hydrogen) atoms. The van der Waals surface area contributed by atoms with Crippen molar-refractivity contribution in [1.29, 1.82) is 0 Å². The highest BCUT2D eigenvalue weighted by Gasteiger charge is 2.43. The molecule has 0 bridgehead atoms. The second-order valence-corrected chi connectivity index (χ2v) is 7.05. The van der Waals surface area contributed by atoms with Gasteiger partial charge in [0.15, 0.2) is 0 Å². The van der Waals surface area contributed by atoms with Crippen LogP contribution in [0.2, 0.25) is 0 Å². The van der Waals surface area contributed by atoms with Gasteiger partial charge in [0.2, 0.25) is 0 Å². The van der Waals surface area contributed by atoms with Gasteiger partial charge >= 0.3 is 0 Å². The van der Waals surface area contributed by atoms with Crippen LogP contribution in [0.4, 0.5) is 0 Å². The van der Waals surface area contributed by atoms with Gasteiger partial charge in [0, 0.05) is 11.8 Å². The summed E-state index contributed by atoms with van der Waals surface area (Å²) < 4.78 is 6.63. The fourth-order valence-electron chi connectivity index (χ4n) is 5.04. The third-order valence-electron chi connectivity index (χ3n) is 5.92. The Morgan fingerprint density at radius 2 is 1.53 bits per heavy atom. The second-order valence-electron chi connectivity index (χ2n) is 7.05. The number of hydrogen-bond donors (Lipinski definition) is 0. The predicted molar refractivity (Wildman–Crippen MR) is 78.0 cm³/mol. The highest BCUT2D eigenvalue weighted by atomic mass is 16.5. The summed E-state index contributed by atoms with van der Waals surface area (Å²) in [6, 6.07) is 0. The van der Waals surface area contributed by atoms with Gasteiger partial charge in [-0.2, -0.15) is 0 Å². The molecule has 4 aliphatic rings. The van der Waals surface area contributed by atoms with Gasteiger partial charge in [-0.3, -0.25) is 0 Å². The summed E-state index contributed by atoms with van der Waals surface area (Å²) in [6.45, 7) is 2.37. The van der Waals surface area contributed by atoms with Crippen molar-refractivity contribution in [2.75, 3.05) is 0 Å². The molecular formula is C18H26O. The van der Waals surface area contributed by atoms with Gasteiger partial charge in [-0.05, 0) is 50.2 Å². The fourth-order valence-corrected chi connectivity index (χ4v) is 5.04. The molecule has 4 unspecified atom stereocenters. The lowest BCUT2D eigenvalue weighted by Gasteiger charge is -2.34. The summed E-state index contributed by atoms with van der Waals surface area (Å²) >= 11 is 0. The minimum absolute atomic E-state index is 0.535. The highest BCUT2D eigenvalue weighted by molar-refractivity contribution is 5.46. The lowest BCUT2D eigenvalue weighted by molar-refractivity contribution is -0.0713. The summed E-state index contributed by atoms with van der Waals surface area (Å²) in [7, 11) is 0. The molecule has 0 N–H and O–H groups in total. The third kappa shape index (κ3) is 1.93. The fraction of sp³-hybridized carbons (Fsp3) is 0.778. The SMILES string of the molecule is CC1=C2C(=CC1)C1CCCCC1OC1CCCCC21. The molecule has 1 saturated heterocycles. The van der Waals surface area contributed by atoms with Crippen LogP contribution in [0.3, 0.4) is 0 Å². The van der Waals surface area contributed by atoms with Crippen LogP contribution in [-0.4, -0.2) is 12.2 Å². The van der Waals surface area contributed by atoms with Crippen LogP contribution in [0.15, 0.2) is 22.8 Å². The van der Waals surface area contributed by atoms with Gasteiger partial charge in [0.1, 0.15) is 0 Å². The maximum Gasteiger partial charge on any atom is 0.0647 e. The Morgan fingerprint density at radius 1 is 0.895 bits per heavy atom. The lowest BCUT2D eigenvalue weighted by Crippen LogP contribution is -2.33. The van der Waals surface area contributed by atoms with Crippen LogP contribution in [0, 0.1) is 11.8 Å². The van der Waals surface area contributed by atoms with Gasteiger partial charge < -0.3 is 4.74 Å². The molecular weight excluding hydrogens is 232 g/mol. The molecule has 2 saturated carbocycles. The summed E-state index contributed by atoms with van der Waals surface area (Å²) in [4.78, 5) is 0. The Balaban J connectivity index is 1.75. The molecule has 0 radical (unpaired) electrons. The average Bonchev–Trinajstić information content (AvgIpc) is 2.75. The van der Waals surface area contributed by atoms with E-state index < -0.39 is 0 Å². The van der Waals surface area contributed by atoms with Crippen LogP contribution in [0.5, 0.6) is 0 Å². The van der Waals surface area contributed by atoms with E-state index in [0.717, 1.165) is 11.8 Å². The predicted octanol–water partition coefficient (Wildman–Crippen LogP) is 4.78. The molecule has 0 aromatic heterocycles. The third-order valence-corrected chi connectivity index (χ3v) is 5.92. The summed E-state index contributed by atoms with van der Waals surface area (Å²) in [5.41, 5.74) is 5.12. The van der Waals surface area contributed by atoms with E-state index in [1.165, 1.54) is 57.8 Å². The van der Waals surface area contributed by atoms with Crippen molar-refractivity contribution in [3.8, 4) is 0 Å². The Bertz CT molecular complexity index is 431. The zero-order chi connectivity index (χ0) is 12.8. The van der Waals surface area contributed by atoms with Gasteiger partial charge in [0.25, 0.3) is 0 Å². The second kappa shape index (κ2) is 4.77. The Hall–Kier alpha value is -0.560. The number of ether oxygens (including phenoxy) is 1. The summed E-state index contributed by atoms with van der Waals surface area (Å²) in [5.74, 6) is 1.46. The molecule has 0 aromatic carbocycles. The van der Waals surface area contributed by atoms with Crippen LogP contribution < -0.4 is 0 Å².